The van der Waals surface area contributed by atoms with Gasteiger partial charge in [-0.15, -0.1) is 0 Å². The molecule has 5 nitrogen and oxygen atoms in total. The van der Waals surface area contributed by atoms with Gasteiger partial charge in [0, 0.05) is 26.2 Å². The van der Waals surface area contributed by atoms with Crippen molar-refractivity contribution in [2.75, 3.05) is 40.0 Å². The highest BCUT2D eigenvalue weighted by Crippen LogP contribution is 2.21. The van der Waals surface area contributed by atoms with Crippen LogP contribution in [0.25, 0.3) is 0 Å². The summed E-state index contributed by atoms with van der Waals surface area (Å²) in [6, 6.07) is 0.368. The Morgan fingerprint density at radius 1 is 1.33 bits per heavy atom. The van der Waals surface area contributed by atoms with Crippen LogP contribution in [0.4, 0.5) is 4.79 Å². The number of ether oxygens (including phenoxy) is 2. The average Bonchev–Trinajstić information content (AvgIpc) is 2.33. The number of carbonyl (C=O) groups is 1. The molecule has 0 aromatic rings. The van der Waals surface area contributed by atoms with Gasteiger partial charge in [-0.3, -0.25) is 0 Å². The van der Waals surface area contributed by atoms with Crippen LogP contribution in [0.1, 0.15) is 26.7 Å². The molecular weight excluding hydrogens is 232 g/mol. The Bertz CT molecular complexity index is 248. The summed E-state index contributed by atoms with van der Waals surface area (Å²) in [5, 5.41) is 2.90. The second kappa shape index (κ2) is 8.32. The summed E-state index contributed by atoms with van der Waals surface area (Å²) in [4.78, 5) is 13.9. The normalized spacial score (nSPS) is 24.1. The number of rotatable bonds is 6. The SMILES string of the molecule is COCCOCCNC(=O)N1CC[C@H](C)C[C@@H]1C. The van der Waals surface area contributed by atoms with Crippen LogP contribution in [0.3, 0.4) is 0 Å². The molecule has 5 heteroatoms. The molecule has 1 aliphatic rings. The van der Waals surface area contributed by atoms with Crippen molar-refractivity contribution in [2.45, 2.75) is 32.7 Å². The Kier molecular flexibility index (Phi) is 7.05. The van der Waals surface area contributed by atoms with E-state index in [4.69, 9.17) is 9.47 Å². The number of piperidine rings is 1. The van der Waals surface area contributed by atoms with Gasteiger partial charge < -0.3 is 19.7 Å². The van der Waals surface area contributed by atoms with E-state index in [-0.39, 0.29) is 6.03 Å². The van der Waals surface area contributed by atoms with Crippen molar-refractivity contribution in [2.24, 2.45) is 5.92 Å². The number of carbonyl (C=O) groups excluding carboxylic acids is 1. The third-order valence-corrected chi connectivity index (χ3v) is 3.35. The number of likely N-dealkylation sites (tertiary alicyclic amines) is 1. The number of urea groups is 1. The van der Waals surface area contributed by atoms with Crippen molar-refractivity contribution in [3.63, 3.8) is 0 Å². The summed E-state index contributed by atoms with van der Waals surface area (Å²) in [6.07, 6.45) is 2.19. The van der Waals surface area contributed by atoms with Crippen molar-refractivity contribution < 1.29 is 14.3 Å². The van der Waals surface area contributed by atoms with E-state index in [0.717, 1.165) is 25.3 Å². The minimum Gasteiger partial charge on any atom is -0.382 e. The molecule has 0 radical (unpaired) electrons. The minimum atomic E-state index is 0.0322. The Morgan fingerprint density at radius 3 is 2.78 bits per heavy atom. The lowest BCUT2D eigenvalue weighted by Crippen LogP contribution is -2.49. The van der Waals surface area contributed by atoms with Gasteiger partial charge in [0.15, 0.2) is 0 Å². The summed E-state index contributed by atoms with van der Waals surface area (Å²) < 4.78 is 10.2. The van der Waals surface area contributed by atoms with Crippen LogP contribution in [-0.4, -0.2) is 57.0 Å². The standard InChI is InChI=1S/C13H26N2O3/c1-11-4-6-15(12(2)10-11)13(16)14-5-7-18-9-8-17-3/h11-12H,4-10H2,1-3H3,(H,14,16)/t11-,12-/m0/s1. The molecule has 0 unspecified atom stereocenters. The third-order valence-electron chi connectivity index (χ3n) is 3.35. The highest BCUT2D eigenvalue weighted by Gasteiger charge is 2.26. The molecule has 0 aliphatic carbocycles. The van der Waals surface area contributed by atoms with Crippen LogP contribution in [0, 0.1) is 5.92 Å². The van der Waals surface area contributed by atoms with Crippen molar-refractivity contribution in [3.8, 4) is 0 Å². The molecule has 1 rings (SSSR count). The second-order valence-electron chi connectivity index (χ2n) is 5.01. The van der Waals surface area contributed by atoms with E-state index in [9.17, 15) is 4.79 Å². The van der Waals surface area contributed by atoms with Crippen molar-refractivity contribution >= 4 is 6.03 Å². The van der Waals surface area contributed by atoms with Crippen molar-refractivity contribution in [3.05, 3.63) is 0 Å². The number of hydrogen-bond donors (Lipinski definition) is 1. The summed E-state index contributed by atoms with van der Waals surface area (Å²) >= 11 is 0. The van der Waals surface area contributed by atoms with E-state index in [1.54, 1.807) is 7.11 Å². The van der Waals surface area contributed by atoms with Gasteiger partial charge >= 0.3 is 6.03 Å². The largest absolute Gasteiger partial charge is 0.382 e. The first-order valence-electron chi connectivity index (χ1n) is 6.76. The first kappa shape index (κ1) is 15.2. The highest BCUT2D eigenvalue weighted by atomic mass is 16.5. The predicted octanol–water partition coefficient (Wildman–Crippen LogP) is 1.48. The monoisotopic (exact) mass is 258 g/mol. The van der Waals surface area contributed by atoms with Crippen LogP contribution < -0.4 is 5.32 Å². The fourth-order valence-corrected chi connectivity index (χ4v) is 2.28. The Labute approximate surface area is 110 Å². The molecule has 2 amide bonds. The molecule has 18 heavy (non-hydrogen) atoms. The van der Waals surface area contributed by atoms with E-state index >= 15 is 0 Å². The number of amides is 2. The molecule has 0 aromatic heterocycles. The quantitative estimate of drug-likeness (QED) is 0.734. The average molecular weight is 258 g/mol. The zero-order chi connectivity index (χ0) is 13.4. The maximum Gasteiger partial charge on any atom is 0.317 e. The third kappa shape index (κ3) is 5.23. The number of methoxy groups -OCH3 is 1. The summed E-state index contributed by atoms with van der Waals surface area (Å²) in [7, 11) is 1.64. The summed E-state index contributed by atoms with van der Waals surface area (Å²) in [5.41, 5.74) is 0. The van der Waals surface area contributed by atoms with Gasteiger partial charge in [-0.05, 0) is 25.7 Å². The second-order valence-corrected chi connectivity index (χ2v) is 5.01. The van der Waals surface area contributed by atoms with Crippen LogP contribution in [-0.2, 0) is 9.47 Å². The predicted molar refractivity (Wildman–Crippen MR) is 70.7 cm³/mol. The molecular formula is C13H26N2O3. The van der Waals surface area contributed by atoms with Crippen molar-refractivity contribution in [1.29, 1.82) is 0 Å². The molecule has 106 valence electrons. The zero-order valence-corrected chi connectivity index (χ0v) is 11.8. The van der Waals surface area contributed by atoms with Gasteiger partial charge in [-0.2, -0.15) is 0 Å². The van der Waals surface area contributed by atoms with Gasteiger partial charge in [-0.25, -0.2) is 4.79 Å². The molecule has 1 fully saturated rings. The van der Waals surface area contributed by atoms with E-state index in [0.29, 0.717) is 32.4 Å². The number of nitrogens with zero attached hydrogens (tertiary/aromatic N) is 1. The van der Waals surface area contributed by atoms with E-state index in [1.165, 1.54) is 0 Å². The fourth-order valence-electron chi connectivity index (χ4n) is 2.28. The molecule has 0 spiro atoms. The van der Waals surface area contributed by atoms with E-state index in [2.05, 4.69) is 19.2 Å². The first-order valence-corrected chi connectivity index (χ1v) is 6.76. The number of nitrogens with one attached hydrogen (secondary N) is 1. The van der Waals surface area contributed by atoms with Crippen LogP contribution >= 0.6 is 0 Å². The Hall–Kier alpha value is -0.810. The Morgan fingerprint density at radius 2 is 2.11 bits per heavy atom. The van der Waals surface area contributed by atoms with Crippen LogP contribution in [0.5, 0.6) is 0 Å². The van der Waals surface area contributed by atoms with Crippen LogP contribution in [0.15, 0.2) is 0 Å². The van der Waals surface area contributed by atoms with E-state index in [1.807, 2.05) is 4.90 Å². The van der Waals surface area contributed by atoms with Gasteiger partial charge in [0.05, 0.1) is 19.8 Å². The molecule has 2 atom stereocenters. The molecule has 0 saturated carbocycles. The molecule has 0 aromatic carbocycles. The molecule has 1 N–H and O–H groups in total. The topological polar surface area (TPSA) is 50.8 Å². The lowest BCUT2D eigenvalue weighted by Gasteiger charge is -2.36. The summed E-state index contributed by atoms with van der Waals surface area (Å²) in [6.45, 7) is 7.48. The minimum absolute atomic E-state index is 0.0322. The van der Waals surface area contributed by atoms with E-state index < -0.39 is 0 Å². The zero-order valence-electron chi connectivity index (χ0n) is 11.8. The molecule has 1 aliphatic heterocycles. The maximum absolute atomic E-state index is 11.9. The maximum atomic E-state index is 11.9. The van der Waals surface area contributed by atoms with Crippen molar-refractivity contribution in [1.82, 2.24) is 10.2 Å². The molecule has 1 saturated heterocycles. The van der Waals surface area contributed by atoms with Gasteiger partial charge in [0.2, 0.25) is 0 Å². The first-order chi connectivity index (χ1) is 8.65. The smallest absolute Gasteiger partial charge is 0.317 e. The van der Waals surface area contributed by atoms with Gasteiger partial charge in [0.1, 0.15) is 0 Å². The lowest BCUT2D eigenvalue weighted by atomic mass is 9.94. The van der Waals surface area contributed by atoms with Crippen LogP contribution in [0.2, 0.25) is 0 Å². The Balaban J connectivity index is 2.12. The molecule has 0 bridgehead atoms. The van der Waals surface area contributed by atoms with Gasteiger partial charge in [-0.1, -0.05) is 6.92 Å². The highest BCUT2D eigenvalue weighted by molar-refractivity contribution is 5.74. The molecule has 1 heterocycles. The summed E-state index contributed by atoms with van der Waals surface area (Å²) in [5.74, 6) is 0.724. The van der Waals surface area contributed by atoms with Gasteiger partial charge in [0.25, 0.3) is 0 Å². The fraction of sp³-hybridized carbons (Fsp3) is 0.923. The lowest BCUT2D eigenvalue weighted by molar-refractivity contribution is 0.0711. The number of hydrogen-bond acceptors (Lipinski definition) is 3.